The fourth-order valence-corrected chi connectivity index (χ4v) is 2.97. The van der Waals surface area contributed by atoms with Crippen LogP contribution in [0.5, 0.6) is 5.75 Å². The molecular formula is C17H18FNO. The number of aromatic hydroxyl groups is 1. The van der Waals surface area contributed by atoms with Gasteiger partial charge in [0.05, 0.1) is 0 Å². The Morgan fingerprint density at radius 3 is 2.75 bits per heavy atom. The van der Waals surface area contributed by atoms with E-state index in [1.807, 2.05) is 18.2 Å². The van der Waals surface area contributed by atoms with Crippen LogP contribution in [0.15, 0.2) is 48.5 Å². The molecule has 0 amide bonds. The van der Waals surface area contributed by atoms with Crippen LogP contribution in [0.3, 0.4) is 0 Å². The Morgan fingerprint density at radius 1 is 1.15 bits per heavy atom. The van der Waals surface area contributed by atoms with E-state index >= 15 is 0 Å². The summed E-state index contributed by atoms with van der Waals surface area (Å²) in [5.74, 6) is -0.127. The van der Waals surface area contributed by atoms with Crippen LogP contribution < -0.4 is 0 Å². The molecule has 2 nitrogen and oxygen atoms in total. The fourth-order valence-electron chi connectivity index (χ4n) is 2.97. The SMILES string of the molecule is Oc1ccc(F)cc1CN1CCCC1c1ccccc1. The highest BCUT2D eigenvalue weighted by molar-refractivity contribution is 5.33. The van der Waals surface area contributed by atoms with Crippen molar-refractivity contribution in [2.75, 3.05) is 6.54 Å². The molecule has 1 unspecified atom stereocenters. The van der Waals surface area contributed by atoms with Crippen molar-refractivity contribution in [3.05, 3.63) is 65.5 Å². The van der Waals surface area contributed by atoms with Crippen molar-refractivity contribution in [2.45, 2.75) is 25.4 Å². The number of nitrogens with zero attached hydrogens (tertiary/aromatic N) is 1. The Kier molecular flexibility index (Phi) is 3.70. The third kappa shape index (κ3) is 2.68. The van der Waals surface area contributed by atoms with Crippen molar-refractivity contribution >= 4 is 0 Å². The first-order valence-corrected chi connectivity index (χ1v) is 7.00. The first-order valence-electron chi connectivity index (χ1n) is 7.00. The highest BCUT2D eigenvalue weighted by Gasteiger charge is 2.26. The van der Waals surface area contributed by atoms with Crippen molar-refractivity contribution in [3.63, 3.8) is 0 Å². The number of likely N-dealkylation sites (tertiary alicyclic amines) is 1. The molecule has 0 saturated carbocycles. The van der Waals surface area contributed by atoms with Gasteiger partial charge in [-0.25, -0.2) is 4.39 Å². The molecule has 20 heavy (non-hydrogen) atoms. The Morgan fingerprint density at radius 2 is 1.95 bits per heavy atom. The molecule has 3 heteroatoms. The molecule has 3 rings (SSSR count). The maximum absolute atomic E-state index is 13.3. The molecule has 1 saturated heterocycles. The van der Waals surface area contributed by atoms with E-state index in [9.17, 15) is 9.50 Å². The van der Waals surface area contributed by atoms with Crippen molar-refractivity contribution < 1.29 is 9.50 Å². The fraction of sp³-hybridized carbons (Fsp3) is 0.294. The zero-order chi connectivity index (χ0) is 13.9. The topological polar surface area (TPSA) is 23.5 Å². The largest absolute Gasteiger partial charge is 0.508 e. The Hall–Kier alpha value is -1.87. The van der Waals surface area contributed by atoms with E-state index < -0.39 is 0 Å². The van der Waals surface area contributed by atoms with Gasteiger partial charge >= 0.3 is 0 Å². The normalized spacial score (nSPS) is 19.4. The van der Waals surface area contributed by atoms with Gasteiger partial charge in [-0.15, -0.1) is 0 Å². The summed E-state index contributed by atoms with van der Waals surface area (Å²) in [7, 11) is 0. The van der Waals surface area contributed by atoms with Gasteiger partial charge in [-0.3, -0.25) is 4.90 Å². The minimum absolute atomic E-state index is 0.171. The number of hydrogen-bond donors (Lipinski definition) is 1. The van der Waals surface area contributed by atoms with Crippen LogP contribution in [0.2, 0.25) is 0 Å². The summed E-state index contributed by atoms with van der Waals surface area (Å²) in [6, 6.07) is 14.9. The van der Waals surface area contributed by atoms with E-state index in [-0.39, 0.29) is 11.6 Å². The van der Waals surface area contributed by atoms with Crippen molar-refractivity contribution in [3.8, 4) is 5.75 Å². The second kappa shape index (κ2) is 5.63. The summed E-state index contributed by atoms with van der Waals surface area (Å²) < 4.78 is 13.3. The maximum atomic E-state index is 13.3. The molecule has 1 heterocycles. The molecule has 1 N–H and O–H groups in total. The lowest BCUT2D eigenvalue weighted by Gasteiger charge is -2.25. The van der Waals surface area contributed by atoms with Crippen LogP contribution >= 0.6 is 0 Å². The van der Waals surface area contributed by atoms with E-state index in [4.69, 9.17) is 0 Å². The van der Waals surface area contributed by atoms with Crippen LogP contribution in [-0.4, -0.2) is 16.6 Å². The van der Waals surface area contributed by atoms with Gasteiger partial charge in [0.15, 0.2) is 0 Å². The molecular weight excluding hydrogens is 253 g/mol. The van der Waals surface area contributed by atoms with E-state index in [0.29, 0.717) is 18.2 Å². The van der Waals surface area contributed by atoms with E-state index in [0.717, 1.165) is 19.4 Å². The monoisotopic (exact) mass is 271 g/mol. The van der Waals surface area contributed by atoms with Crippen LogP contribution in [0.1, 0.15) is 30.0 Å². The number of benzene rings is 2. The van der Waals surface area contributed by atoms with Gasteiger partial charge in [0, 0.05) is 18.2 Å². The van der Waals surface area contributed by atoms with Gasteiger partial charge in [0.2, 0.25) is 0 Å². The summed E-state index contributed by atoms with van der Waals surface area (Å²) in [6.07, 6.45) is 2.25. The standard InChI is InChI=1S/C17H18FNO/c18-15-8-9-17(20)14(11-15)12-19-10-4-7-16(19)13-5-2-1-3-6-13/h1-3,5-6,8-9,11,16,20H,4,7,10,12H2. The molecule has 0 aromatic heterocycles. The Bertz CT molecular complexity index is 585. The Labute approximate surface area is 118 Å². The average molecular weight is 271 g/mol. The highest BCUT2D eigenvalue weighted by atomic mass is 19.1. The van der Waals surface area contributed by atoms with Gasteiger partial charge in [-0.2, -0.15) is 0 Å². The molecule has 0 aliphatic carbocycles. The van der Waals surface area contributed by atoms with Crippen LogP contribution in [0, 0.1) is 5.82 Å². The number of phenolic OH excluding ortho intramolecular Hbond substituents is 1. The van der Waals surface area contributed by atoms with Crippen LogP contribution in [0.4, 0.5) is 4.39 Å². The van der Waals surface area contributed by atoms with Gasteiger partial charge < -0.3 is 5.11 Å². The van der Waals surface area contributed by atoms with Crippen LogP contribution in [-0.2, 0) is 6.54 Å². The maximum Gasteiger partial charge on any atom is 0.123 e. The predicted octanol–water partition coefficient (Wildman–Crippen LogP) is 3.87. The first kappa shape index (κ1) is 13.1. The first-order chi connectivity index (χ1) is 9.74. The number of hydrogen-bond acceptors (Lipinski definition) is 2. The minimum Gasteiger partial charge on any atom is -0.508 e. The van der Waals surface area contributed by atoms with E-state index in [1.165, 1.54) is 23.8 Å². The average Bonchev–Trinajstić information content (AvgIpc) is 2.92. The van der Waals surface area contributed by atoms with Gasteiger partial charge in [-0.1, -0.05) is 30.3 Å². The summed E-state index contributed by atoms with van der Waals surface area (Å²) in [5.41, 5.74) is 1.95. The molecule has 0 spiro atoms. The molecule has 104 valence electrons. The second-order valence-electron chi connectivity index (χ2n) is 5.31. The van der Waals surface area contributed by atoms with E-state index in [1.54, 1.807) is 0 Å². The van der Waals surface area contributed by atoms with Crippen LogP contribution in [0.25, 0.3) is 0 Å². The Balaban J connectivity index is 1.81. The van der Waals surface area contributed by atoms with Gasteiger partial charge in [0.25, 0.3) is 0 Å². The minimum atomic E-state index is -0.298. The molecule has 0 radical (unpaired) electrons. The van der Waals surface area contributed by atoms with E-state index in [2.05, 4.69) is 17.0 Å². The molecule has 2 aromatic rings. The van der Waals surface area contributed by atoms with Gasteiger partial charge in [-0.05, 0) is 43.1 Å². The molecule has 1 aliphatic rings. The van der Waals surface area contributed by atoms with Crippen molar-refractivity contribution in [2.24, 2.45) is 0 Å². The molecule has 1 fully saturated rings. The molecule has 0 bridgehead atoms. The smallest absolute Gasteiger partial charge is 0.123 e. The van der Waals surface area contributed by atoms with Crippen molar-refractivity contribution in [1.82, 2.24) is 4.90 Å². The lowest BCUT2D eigenvalue weighted by Crippen LogP contribution is -2.22. The molecule has 1 aliphatic heterocycles. The van der Waals surface area contributed by atoms with Crippen molar-refractivity contribution in [1.29, 1.82) is 0 Å². The number of phenols is 1. The lowest BCUT2D eigenvalue weighted by atomic mass is 10.0. The second-order valence-corrected chi connectivity index (χ2v) is 5.31. The molecule has 1 atom stereocenters. The summed E-state index contributed by atoms with van der Waals surface area (Å²) in [5, 5.41) is 9.86. The van der Waals surface area contributed by atoms with Gasteiger partial charge in [0.1, 0.15) is 11.6 Å². The quantitative estimate of drug-likeness (QED) is 0.916. The summed E-state index contributed by atoms with van der Waals surface area (Å²) in [4.78, 5) is 2.31. The summed E-state index contributed by atoms with van der Waals surface area (Å²) >= 11 is 0. The predicted molar refractivity (Wildman–Crippen MR) is 76.9 cm³/mol. The number of halogens is 1. The zero-order valence-electron chi connectivity index (χ0n) is 11.3. The number of rotatable bonds is 3. The zero-order valence-corrected chi connectivity index (χ0v) is 11.3. The third-order valence-corrected chi connectivity index (χ3v) is 3.96. The lowest BCUT2D eigenvalue weighted by molar-refractivity contribution is 0.245. The molecule has 2 aromatic carbocycles. The summed E-state index contributed by atoms with van der Waals surface area (Å²) in [6.45, 7) is 1.57. The highest BCUT2D eigenvalue weighted by Crippen LogP contribution is 2.34. The third-order valence-electron chi connectivity index (χ3n) is 3.96.